The fourth-order valence-corrected chi connectivity index (χ4v) is 4.18. The Morgan fingerprint density at radius 3 is 2.64 bits per heavy atom. The third-order valence-corrected chi connectivity index (χ3v) is 5.72. The molecule has 4 rings (SSSR count). The SMILES string of the molecule is O=C1CC2(CCC(OCc3ccccc3)CC2)Oc2ccc(Br)cc21. The van der Waals surface area contributed by atoms with Gasteiger partial charge in [-0.15, -0.1) is 0 Å². The molecule has 2 aromatic rings. The lowest BCUT2D eigenvalue weighted by atomic mass is 9.77. The fraction of sp³-hybridized carbons (Fsp3) is 0.381. The quantitative estimate of drug-likeness (QED) is 0.699. The van der Waals surface area contributed by atoms with Crippen LogP contribution in [-0.2, 0) is 11.3 Å². The summed E-state index contributed by atoms with van der Waals surface area (Å²) >= 11 is 3.43. The molecular formula is C21H21BrO3. The average molecular weight is 401 g/mol. The molecule has 0 radical (unpaired) electrons. The Hall–Kier alpha value is -1.65. The van der Waals surface area contributed by atoms with Crippen molar-refractivity contribution in [3.05, 3.63) is 64.1 Å². The van der Waals surface area contributed by atoms with Gasteiger partial charge in [0.05, 0.1) is 24.7 Å². The zero-order chi connectivity index (χ0) is 17.3. The first-order valence-corrected chi connectivity index (χ1v) is 9.60. The number of hydrogen-bond acceptors (Lipinski definition) is 3. The van der Waals surface area contributed by atoms with Crippen LogP contribution in [0.5, 0.6) is 5.75 Å². The second-order valence-corrected chi connectivity index (χ2v) is 7.94. The van der Waals surface area contributed by atoms with Crippen molar-refractivity contribution < 1.29 is 14.3 Å². The van der Waals surface area contributed by atoms with Gasteiger partial charge in [-0.2, -0.15) is 0 Å². The maximum absolute atomic E-state index is 12.6. The molecule has 3 nitrogen and oxygen atoms in total. The summed E-state index contributed by atoms with van der Waals surface area (Å²) in [5.74, 6) is 0.911. The molecule has 0 aromatic heterocycles. The third-order valence-electron chi connectivity index (χ3n) is 5.22. The Morgan fingerprint density at radius 2 is 1.88 bits per heavy atom. The van der Waals surface area contributed by atoms with Crippen molar-refractivity contribution in [3.63, 3.8) is 0 Å². The van der Waals surface area contributed by atoms with Gasteiger partial charge in [-0.25, -0.2) is 0 Å². The van der Waals surface area contributed by atoms with Crippen molar-refractivity contribution >= 4 is 21.7 Å². The van der Waals surface area contributed by atoms with E-state index in [0.29, 0.717) is 18.6 Å². The van der Waals surface area contributed by atoms with Crippen LogP contribution in [0, 0.1) is 0 Å². The molecule has 0 atom stereocenters. The molecule has 0 bridgehead atoms. The van der Waals surface area contributed by atoms with Crippen molar-refractivity contribution in [3.8, 4) is 5.75 Å². The van der Waals surface area contributed by atoms with Crippen LogP contribution < -0.4 is 4.74 Å². The molecule has 0 amide bonds. The summed E-state index contributed by atoms with van der Waals surface area (Å²) in [7, 11) is 0. The van der Waals surface area contributed by atoms with Gasteiger partial charge in [0.15, 0.2) is 5.78 Å². The molecule has 4 heteroatoms. The molecule has 1 fully saturated rings. The van der Waals surface area contributed by atoms with Gasteiger partial charge in [0.25, 0.3) is 0 Å². The molecule has 0 unspecified atom stereocenters. The lowest BCUT2D eigenvalue weighted by Gasteiger charge is -2.42. The zero-order valence-corrected chi connectivity index (χ0v) is 15.6. The summed E-state index contributed by atoms with van der Waals surface area (Å²) in [6.07, 6.45) is 4.33. The minimum absolute atomic E-state index is 0.186. The molecule has 0 N–H and O–H groups in total. The van der Waals surface area contributed by atoms with Crippen LogP contribution in [0.15, 0.2) is 53.0 Å². The van der Waals surface area contributed by atoms with Gasteiger partial charge in [0.1, 0.15) is 11.4 Å². The Morgan fingerprint density at radius 1 is 1.12 bits per heavy atom. The number of ketones is 1. The molecule has 1 aliphatic carbocycles. The molecule has 1 heterocycles. The molecule has 1 saturated carbocycles. The van der Waals surface area contributed by atoms with Gasteiger partial charge < -0.3 is 9.47 Å². The molecule has 130 valence electrons. The van der Waals surface area contributed by atoms with Crippen LogP contribution in [-0.4, -0.2) is 17.5 Å². The predicted molar refractivity (Wildman–Crippen MR) is 99.9 cm³/mol. The van der Waals surface area contributed by atoms with Crippen LogP contribution in [0.4, 0.5) is 0 Å². The molecule has 1 spiro atoms. The van der Waals surface area contributed by atoms with Crippen molar-refractivity contribution in [2.45, 2.75) is 50.4 Å². The van der Waals surface area contributed by atoms with Crippen molar-refractivity contribution in [2.75, 3.05) is 0 Å². The number of hydrogen-bond donors (Lipinski definition) is 0. The minimum atomic E-state index is -0.343. The van der Waals surface area contributed by atoms with Crippen LogP contribution in [0.3, 0.4) is 0 Å². The van der Waals surface area contributed by atoms with Crippen LogP contribution in [0.1, 0.15) is 48.0 Å². The molecule has 1 aliphatic heterocycles. The second kappa shape index (κ2) is 6.93. The van der Waals surface area contributed by atoms with Crippen molar-refractivity contribution in [2.24, 2.45) is 0 Å². The highest BCUT2D eigenvalue weighted by atomic mass is 79.9. The van der Waals surface area contributed by atoms with E-state index in [1.807, 2.05) is 36.4 Å². The van der Waals surface area contributed by atoms with Crippen LogP contribution in [0.2, 0.25) is 0 Å². The van der Waals surface area contributed by atoms with Gasteiger partial charge in [-0.3, -0.25) is 4.79 Å². The van der Waals surface area contributed by atoms with Gasteiger partial charge in [-0.1, -0.05) is 46.3 Å². The first-order valence-electron chi connectivity index (χ1n) is 8.81. The van der Waals surface area contributed by atoms with Gasteiger partial charge in [0.2, 0.25) is 0 Å². The Balaban J connectivity index is 1.38. The summed E-state index contributed by atoms with van der Waals surface area (Å²) in [4.78, 5) is 12.6. The van der Waals surface area contributed by atoms with E-state index < -0.39 is 0 Å². The zero-order valence-electron chi connectivity index (χ0n) is 14.0. The molecular weight excluding hydrogens is 380 g/mol. The number of Topliss-reactive ketones (excluding diaryl/α,β-unsaturated/α-hetero) is 1. The summed E-state index contributed by atoms with van der Waals surface area (Å²) < 4.78 is 13.3. The van der Waals surface area contributed by atoms with E-state index in [4.69, 9.17) is 9.47 Å². The van der Waals surface area contributed by atoms with E-state index in [-0.39, 0.29) is 17.5 Å². The first-order chi connectivity index (χ1) is 12.1. The number of carbonyl (C=O) groups is 1. The summed E-state index contributed by atoms with van der Waals surface area (Å²) in [5, 5.41) is 0. The van der Waals surface area contributed by atoms with Gasteiger partial charge in [-0.05, 0) is 49.4 Å². The summed E-state index contributed by atoms with van der Waals surface area (Å²) in [6.45, 7) is 0.648. The number of halogens is 1. The highest BCUT2D eigenvalue weighted by Gasteiger charge is 2.43. The topological polar surface area (TPSA) is 35.5 Å². The maximum atomic E-state index is 12.6. The predicted octanol–water partition coefficient (Wildman–Crippen LogP) is 5.31. The normalized spacial score (nSPS) is 25.5. The Bertz CT molecular complexity index is 764. The highest BCUT2D eigenvalue weighted by Crippen LogP contribution is 2.43. The molecule has 25 heavy (non-hydrogen) atoms. The summed E-state index contributed by atoms with van der Waals surface area (Å²) in [5.41, 5.74) is 1.55. The monoisotopic (exact) mass is 400 g/mol. The number of benzene rings is 2. The van der Waals surface area contributed by atoms with Crippen molar-refractivity contribution in [1.82, 2.24) is 0 Å². The standard InChI is InChI=1S/C21H21BrO3/c22-16-6-7-20-18(12-16)19(23)13-21(25-20)10-8-17(9-11-21)24-14-15-4-2-1-3-5-15/h1-7,12,17H,8-11,13-14H2. The van der Waals surface area contributed by atoms with E-state index in [9.17, 15) is 4.79 Å². The van der Waals surface area contributed by atoms with Crippen LogP contribution in [0.25, 0.3) is 0 Å². The van der Waals surface area contributed by atoms with Crippen molar-refractivity contribution in [1.29, 1.82) is 0 Å². The first kappa shape index (κ1) is 16.8. The number of fused-ring (bicyclic) bond motifs is 1. The van der Waals surface area contributed by atoms with E-state index in [0.717, 1.165) is 35.9 Å². The van der Waals surface area contributed by atoms with E-state index in [1.165, 1.54) is 5.56 Å². The maximum Gasteiger partial charge on any atom is 0.170 e. The average Bonchev–Trinajstić information content (AvgIpc) is 2.63. The summed E-state index contributed by atoms with van der Waals surface area (Å²) in [6, 6.07) is 15.9. The number of carbonyl (C=O) groups excluding carboxylic acids is 1. The molecule has 2 aliphatic rings. The number of ether oxygens (including phenoxy) is 2. The lowest BCUT2D eigenvalue weighted by Crippen LogP contribution is -2.46. The van der Waals surface area contributed by atoms with E-state index in [2.05, 4.69) is 28.1 Å². The Kier molecular flexibility index (Phi) is 4.65. The lowest BCUT2D eigenvalue weighted by molar-refractivity contribution is -0.0507. The third kappa shape index (κ3) is 3.65. The highest BCUT2D eigenvalue weighted by molar-refractivity contribution is 9.10. The van der Waals surface area contributed by atoms with E-state index >= 15 is 0 Å². The minimum Gasteiger partial charge on any atom is -0.486 e. The smallest absolute Gasteiger partial charge is 0.170 e. The Labute approximate surface area is 156 Å². The van der Waals surface area contributed by atoms with Gasteiger partial charge >= 0.3 is 0 Å². The molecule has 0 saturated heterocycles. The van der Waals surface area contributed by atoms with E-state index in [1.54, 1.807) is 0 Å². The van der Waals surface area contributed by atoms with Gasteiger partial charge in [0, 0.05) is 4.47 Å². The largest absolute Gasteiger partial charge is 0.486 e. The number of rotatable bonds is 3. The fourth-order valence-electron chi connectivity index (χ4n) is 3.82. The second-order valence-electron chi connectivity index (χ2n) is 7.02. The molecule has 2 aromatic carbocycles. The van der Waals surface area contributed by atoms with Crippen LogP contribution >= 0.6 is 15.9 Å².